The molecule has 5 nitrogen and oxygen atoms in total. The highest BCUT2D eigenvalue weighted by Gasteiger charge is 2.33. The van der Waals surface area contributed by atoms with Crippen molar-refractivity contribution in [1.29, 1.82) is 10.5 Å². The zero-order valence-electron chi connectivity index (χ0n) is 9.11. The summed E-state index contributed by atoms with van der Waals surface area (Å²) in [6.45, 7) is 4.74. The molecule has 0 aliphatic heterocycles. The molecule has 0 saturated heterocycles. The Kier molecular flexibility index (Phi) is 4.73. The molecule has 1 N–H and O–H groups in total. The van der Waals surface area contributed by atoms with Crippen LogP contribution >= 0.6 is 0 Å². The zero-order valence-corrected chi connectivity index (χ0v) is 9.93. The molecule has 15 heavy (non-hydrogen) atoms. The van der Waals surface area contributed by atoms with E-state index in [0.29, 0.717) is 12.8 Å². The molecule has 0 aromatic rings. The molecular weight excluding hydrogens is 214 g/mol. The molecule has 0 aliphatic rings. The fourth-order valence-corrected chi connectivity index (χ4v) is 2.20. The van der Waals surface area contributed by atoms with E-state index in [1.165, 1.54) is 6.92 Å². The van der Waals surface area contributed by atoms with Gasteiger partial charge in [0.2, 0.25) is 10.0 Å². The van der Waals surface area contributed by atoms with Crippen LogP contribution in [0, 0.1) is 22.7 Å². The van der Waals surface area contributed by atoms with Crippen LogP contribution in [0.1, 0.15) is 33.6 Å². The summed E-state index contributed by atoms with van der Waals surface area (Å²) in [7, 11) is -3.74. The van der Waals surface area contributed by atoms with Gasteiger partial charge in [-0.3, -0.25) is 0 Å². The smallest absolute Gasteiger partial charge is 0.211 e. The van der Waals surface area contributed by atoms with Crippen molar-refractivity contribution in [3.05, 3.63) is 0 Å². The fourth-order valence-electron chi connectivity index (χ4n) is 1.01. The van der Waals surface area contributed by atoms with E-state index in [1.807, 2.05) is 6.07 Å². The number of rotatable bonds is 5. The molecule has 0 spiro atoms. The second-order valence-corrected chi connectivity index (χ2v) is 5.32. The Hall–Kier alpha value is -1.11. The molecule has 0 fully saturated rings. The summed E-state index contributed by atoms with van der Waals surface area (Å²) in [4.78, 5) is 0. The predicted molar refractivity (Wildman–Crippen MR) is 56.1 cm³/mol. The van der Waals surface area contributed by atoms with Gasteiger partial charge in [0.1, 0.15) is 5.54 Å². The lowest BCUT2D eigenvalue weighted by Crippen LogP contribution is -2.49. The molecule has 6 heteroatoms. The van der Waals surface area contributed by atoms with Crippen molar-refractivity contribution in [2.24, 2.45) is 0 Å². The lowest BCUT2D eigenvalue weighted by molar-refractivity contribution is 0.445. The SMILES string of the molecule is CCC(C#N)(CC)NS(=O)(=O)C(C)C#N. The Balaban J connectivity index is 5.04. The van der Waals surface area contributed by atoms with E-state index in [1.54, 1.807) is 19.9 Å². The van der Waals surface area contributed by atoms with Gasteiger partial charge in [0.15, 0.2) is 5.25 Å². The third-order valence-corrected chi connectivity index (χ3v) is 4.12. The van der Waals surface area contributed by atoms with E-state index in [9.17, 15) is 8.42 Å². The number of nitrogens with one attached hydrogen (secondary N) is 1. The normalized spacial score (nSPS) is 13.9. The van der Waals surface area contributed by atoms with Gasteiger partial charge in [-0.25, -0.2) is 8.42 Å². The highest BCUT2D eigenvalue weighted by atomic mass is 32.2. The molecule has 0 aromatic carbocycles. The predicted octanol–water partition coefficient (Wildman–Crippen LogP) is 0.900. The van der Waals surface area contributed by atoms with Gasteiger partial charge in [-0.2, -0.15) is 15.2 Å². The second-order valence-electron chi connectivity index (χ2n) is 3.32. The van der Waals surface area contributed by atoms with Crippen LogP contribution < -0.4 is 4.72 Å². The Morgan fingerprint density at radius 3 is 2.07 bits per heavy atom. The summed E-state index contributed by atoms with van der Waals surface area (Å²) in [5, 5.41) is 16.3. The maximum Gasteiger partial charge on any atom is 0.229 e. The number of hydrogen-bond acceptors (Lipinski definition) is 4. The monoisotopic (exact) mass is 229 g/mol. The Bertz CT molecular complexity index is 385. The van der Waals surface area contributed by atoms with Gasteiger partial charge in [0, 0.05) is 0 Å². The van der Waals surface area contributed by atoms with Gasteiger partial charge in [0.05, 0.1) is 12.1 Å². The molecule has 0 rings (SSSR count). The van der Waals surface area contributed by atoms with Gasteiger partial charge >= 0.3 is 0 Å². The average molecular weight is 229 g/mol. The van der Waals surface area contributed by atoms with Crippen LogP contribution in [-0.4, -0.2) is 19.2 Å². The van der Waals surface area contributed by atoms with Gasteiger partial charge < -0.3 is 0 Å². The minimum Gasteiger partial charge on any atom is -0.211 e. The molecule has 0 bridgehead atoms. The molecule has 0 aromatic heterocycles. The first-order valence-electron chi connectivity index (χ1n) is 4.71. The summed E-state index contributed by atoms with van der Waals surface area (Å²) in [5.41, 5.74) is -1.09. The second kappa shape index (κ2) is 5.11. The Morgan fingerprint density at radius 1 is 1.33 bits per heavy atom. The molecule has 84 valence electrons. The lowest BCUT2D eigenvalue weighted by atomic mass is 9.97. The van der Waals surface area contributed by atoms with Crippen LogP contribution in [0.3, 0.4) is 0 Å². The van der Waals surface area contributed by atoms with E-state index < -0.39 is 20.8 Å². The summed E-state index contributed by atoms with van der Waals surface area (Å²) in [5.74, 6) is 0. The molecular formula is C9H15N3O2S. The van der Waals surface area contributed by atoms with Gasteiger partial charge in [-0.15, -0.1) is 0 Å². The van der Waals surface area contributed by atoms with Gasteiger partial charge in [-0.1, -0.05) is 13.8 Å². The zero-order chi connectivity index (χ0) is 12.1. The van der Waals surface area contributed by atoms with Crippen molar-refractivity contribution >= 4 is 10.0 Å². The van der Waals surface area contributed by atoms with Crippen molar-refractivity contribution < 1.29 is 8.42 Å². The summed E-state index contributed by atoms with van der Waals surface area (Å²) < 4.78 is 25.4. The Labute approximate surface area is 90.8 Å². The highest BCUT2D eigenvalue weighted by molar-refractivity contribution is 7.90. The van der Waals surface area contributed by atoms with Gasteiger partial charge in [0.25, 0.3) is 0 Å². The first-order valence-corrected chi connectivity index (χ1v) is 6.25. The maximum atomic E-state index is 11.6. The van der Waals surface area contributed by atoms with Crippen molar-refractivity contribution in [3.63, 3.8) is 0 Å². The third-order valence-electron chi connectivity index (χ3n) is 2.41. The van der Waals surface area contributed by atoms with E-state index in [4.69, 9.17) is 10.5 Å². The van der Waals surface area contributed by atoms with Crippen LogP contribution in [0.25, 0.3) is 0 Å². The topological polar surface area (TPSA) is 93.8 Å². The molecule has 0 aliphatic carbocycles. The lowest BCUT2D eigenvalue weighted by Gasteiger charge is -2.25. The first kappa shape index (κ1) is 13.9. The van der Waals surface area contributed by atoms with Crippen LogP contribution in [0.2, 0.25) is 0 Å². The van der Waals surface area contributed by atoms with Crippen molar-refractivity contribution in [3.8, 4) is 12.1 Å². The molecule has 0 heterocycles. The van der Waals surface area contributed by atoms with Crippen molar-refractivity contribution in [2.45, 2.75) is 44.4 Å². The first-order chi connectivity index (χ1) is 6.87. The molecule has 0 amide bonds. The maximum absolute atomic E-state index is 11.6. The summed E-state index contributed by atoms with van der Waals surface area (Å²) in [6.07, 6.45) is 0.745. The van der Waals surface area contributed by atoms with Crippen LogP contribution in [0.5, 0.6) is 0 Å². The fraction of sp³-hybridized carbons (Fsp3) is 0.778. The molecule has 1 atom stereocenters. The largest absolute Gasteiger partial charge is 0.229 e. The third kappa shape index (κ3) is 3.19. The number of sulfonamides is 1. The number of nitrogens with zero attached hydrogens (tertiary/aromatic N) is 2. The molecule has 1 unspecified atom stereocenters. The summed E-state index contributed by atoms with van der Waals surface area (Å²) >= 11 is 0. The quantitative estimate of drug-likeness (QED) is 0.757. The van der Waals surface area contributed by atoms with Crippen LogP contribution in [0.15, 0.2) is 0 Å². The minimum absolute atomic E-state index is 0.372. The van der Waals surface area contributed by atoms with Crippen molar-refractivity contribution in [2.75, 3.05) is 0 Å². The van der Waals surface area contributed by atoms with E-state index in [0.717, 1.165) is 0 Å². The minimum atomic E-state index is -3.74. The standard InChI is InChI=1S/C9H15N3O2S/c1-4-9(5-2,7-11)12-15(13,14)8(3)6-10/h8,12H,4-5H2,1-3H3. The van der Waals surface area contributed by atoms with E-state index in [2.05, 4.69) is 4.72 Å². The Morgan fingerprint density at radius 2 is 1.80 bits per heavy atom. The average Bonchev–Trinajstić information content (AvgIpc) is 2.24. The van der Waals surface area contributed by atoms with E-state index >= 15 is 0 Å². The van der Waals surface area contributed by atoms with E-state index in [-0.39, 0.29) is 0 Å². The van der Waals surface area contributed by atoms with Crippen LogP contribution in [-0.2, 0) is 10.0 Å². The number of hydrogen-bond donors (Lipinski definition) is 1. The number of nitriles is 2. The van der Waals surface area contributed by atoms with Crippen molar-refractivity contribution in [1.82, 2.24) is 4.72 Å². The van der Waals surface area contributed by atoms with Gasteiger partial charge in [-0.05, 0) is 19.8 Å². The molecule has 0 saturated carbocycles. The van der Waals surface area contributed by atoms with Crippen LogP contribution in [0.4, 0.5) is 0 Å². The summed E-state index contributed by atoms with van der Waals surface area (Å²) in [6, 6.07) is 3.59. The highest BCUT2D eigenvalue weighted by Crippen LogP contribution is 2.16. The molecule has 0 radical (unpaired) electrons.